The van der Waals surface area contributed by atoms with Gasteiger partial charge in [0.1, 0.15) is 11.4 Å². The molecule has 0 aliphatic carbocycles. The van der Waals surface area contributed by atoms with Crippen LogP contribution in [0.3, 0.4) is 0 Å². The predicted molar refractivity (Wildman–Crippen MR) is 103 cm³/mol. The second kappa shape index (κ2) is 7.37. The van der Waals surface area contributed by atoms with Crippen LogP contribution in [0.25, 0.3) is 11.1 Å². The molecule has 4 rings (SSSR count). The quantitative estimate of drug-likeness (QED) is 0.659. The largest absolute Gasteiger partial charge is 0.494 e. The summed E-state index contributed by atoms with van der Waals surface area (Å²) < 4.78 is 19.8. The monoisotopic (exact) mass is 360 g/mol. The van der Waals surface area contributed by atoms with Gasteiger partial charge in [0.2, 0.25) is 5.95 Å². The van der Waals surface area contributed by atoms with E-state index in [0.29, 0.717) is 17.9 Å². The van der Waals surface area contributed by atoms with Gasteiger partial charge in [0, 0.05) is 48.5 Å². The average Bonchev–Trinajstić information content (AvgIpc) is 2.74. The second-order valence-corrected chi connectivity index (χ2v) is 5.99. The third-order valence-corrected chi connectivity index (χ3v) is 4.32. The normalized spacial score (nSPS) is 13.8. The zero-order chi connectivity index (χ0) is 18.6. The highest BCUT2D eigenvalue weighted by Gasteiger charge is 2.21. The van der Waals surface area contributed by atoms with Crippen molar-refractivity contribution in [3.63, 3.8) is 0 Å². The minimum atomic E-state index is -0.496. The van der Waals surface area contributed by atoms with E-state index in [-0.39, 0.29) is 0 Å². The van der Waals surface area contributed by atoms with Gasteiger partial charge in [-0.25, -0.2) is 4.98 Å². The summed E-state index contributed by atoms with van der Waals surface area (Å²) in [6.07, 6.45) is 10.5. The fraction of sp³-hybridized carbons (Fsp3) is 0.0952. The summed E-state index contributed by atoms with van der Waals surface area (Å²) in [5.74, 6) is 0.193. The first-order valence-electron chi connectivity index (χ1n) is 8.45. The Morgan fingerprint density at radius 2 is 1.93 bits per heavy atom. The van der Waals surface area contributed by atoms with Gasteiger partial charge in [-0.1, -0.05) is 6.07 Å². The van der Waals surface area contributed by atoms with Gasteiger partial charge < -0.3 is 9.64 Å². The number of hydrogen-bond acceptors (Lipinski definition) is 5. The molecule has 3 aromatic rings. The SMILES string of the molecule is COc1ccncc1N1C=C(c2ccccn2)C=C(c2cccnc2F)C1. The second-order valence-electron chi connectivity index (χ2n) is 5.99. The van der Waals surface area contributed by atoms with Crippen molar-refractivity contribution in [2.45, 2.75) is 0 Å². The maximum atomic E-state index is 14.3. The maximum Gasteiger partial charge on any atom is 0.220 e. The Hall–Kier alpha value is -3.54. The smallest absolute Gasteiger partial charge is 0.220 e. The van der Waals surface area contributed by atoms with E-state index in [0.717, 1.165) is 22.5 Å². The number of anilines is 1. The molecule has 0 fully saturated rings. The van der Waals surface area contributed by atoms with Gasteiger partial charge in [0.15, 0.2) is 0 Å². The van der Waals surface area contributed by atoms with Crippen molar-refractivity contribution in [3.05, 3.63) is 90.7 Å². The molecule has 0 amide bonds. The van der Waals surface area contributed by atoms with Crippen LogP contribution in [0.15, 0.2) is 73.5 Å². The Labute approximate surface area is 156 Å². The van der Waals surface area contributed by atoms with Crippen LogP contribution in [0.4, 0.5) is 10.1 Å². The molecular formula is C21H17FN4O. The van der Waals surface area contributed by atoms with Crippen LogP contribution in [0.5, 0.6) is 5.75 Å². The number of methoxy groups -OCH3 is 1. The molecule has 134 valence electrons. The minimum absolute atomic E-state index is 0.459. The summed E-state index contributed by atoms with van der Waals surface area (Å²) in [7, 11) is 1.61. The molecule has 0 saturated heterocycles. The van der Waals surface area contributed by atoms with Crippen LogP contribution in [-0.4, -0.2) is 28.6 Å². The summed E-state index contributed by atoms with van der Waals surface area (Å²) in [5.41, 5.74) is 3.72. The number of halogens is 1. The molecule has 0 radical (unpaired) electrons. The molecule has 1 aliphatic rings. The number of ether oxygens (including phenoxy) is 1. The third-order valence-electron chi connectivity index (χ3n) is 4.32. The Balaban J connectivity index is 1.83. The van der Waals surface area contributed by atoms with Crippen LogP contribution in [0.1, 0.15) is 11.3 Å². The molecular weight excluding hydrogens is 343 g/mol. The Morgan fingerprint density at radius 1 is 1.04 bits per heavy atom. The van der Waals surface area contributed by atoms with E-state index in [9.17, 15) is 4.39 Å². The standard InChI is InChI=1S/C21H17FN4O/c1-27-20-7-10-23-12-19(20)26-13-15(17-5-4-9-25-21(17)22)11-16(14-26)18-6-2-3-8-24-18/h2-12,14H,13H2,1H3. The Bertz CT molecular complexity index is 1020. The van der Waals surface area contributed by atoms with Gasteiger partial charge in [-0.2, -0.15) is 4.39 Å². The topological polar surface area (TPSA) is 51.1 Å². The summed E-state index contributed by atoms with van der Waals surface area (Å²) in [5, 5.41) is 0. The number of allylic oxidation sites excluding steroid dienone is 2. The van der Waals surface area contributed by atoms with Gasteiger partial charge in [-0.05, 0) is 35.9 Å². The van der Waals surface area contributed by atoms with Crippen molar-refractivity contribution < 1.29 is 9.13 Å². The molecule has 0 aromatic carbocycles. The summed E-state index contributed by atoms with van der Waals surface area (Å²) in [4.78, 5) is 14.4. The highest BCUT2D eigenvalue weighted by atomic mass is 19.1. The molecule has 27 heavy (non-hydrogen) atoms. The molecule has 4 heterocycles. The zero-order valence-corrected chi connectivity index (χ0v) is 14.7. The van der Waals surface area contributed by atoms with Crippen molar-refractivity contribution in [2.24, 2.45) is 0 Å². The highest BCUT2D eigenvalue weighted by molar-refractivity contribution is 5.89. The molecule has 0 unspecified atom stereocenters. The van der Waals surface area contributed by atoms with Gasteiger partial charge >= 0.3 is 0 Å². The number of aromatic nitrogens is 3. The Kier molecular flexibility index (Phi) is 4.61. The van der Waals surface area contributed by atoms with E-state index in [1.54, 1.807) is 43.9 Å². The molecule has 5 nitrogen and oxygen atoms in total. The molecule has 3 aromatic heterocycles. The van der Waals surface area contributed by atoms with Gasteiger partial charge in [-0.3, -0.25) is 9.97 Å². The molecule has 0 spiro atoms. The molecule has 6 heteroatoms. The zero-order valence-electron chi connectivity index (χ0n) is 14.7. The Morgan fingerprint density at radius 3 is 2.70 bits per heavy atom. The highest BCUT2D eigenvalue weighted by Crippen LogP contribution is 2.34. The van der Waals surface area contributed by atoms with Crippen molar-refractivity contribution in [2.75, 3.05) is 18.6 Å². The van der Waals surface area contributed by atoms with E-state index in [1.807, 2.05) is 35.4 Å². The lowest BCUT2D eigenvalue weighted by atomic mass is 9.99. The van der Waals surface area contributed by atoms with E-state index >= 15 is 0 Å². The summed E-state index contributed by atoms with van der Waals surface area (Å²) in [6, 6.07) is 11.0. The third kappa shape index (κ3) is 3.42. The lowest BCUT2D eigenvalue weighted by Crippen LogP contribution is -2.23. The predicted octanol–water partition coefficient (Wildman–Crippen LogP) is 3.96. The fourth-order valence-electron chi connectivity index (χ4n) is 3.05. The first-order valence-corrected chi connectivity index (χ1v) is 8.45. The lowest BCUT2D eigenvalue weighted by molar-refractivity contribution is 0.415. The maximum absolute atomic E-state index is 14.3. The van der Waals surface area contributed by atoms with Crippen LogP contribution in [0.2, 0.25) is 0 Å². The molecule has 0 N–H and O–H groups in total. The van der Waals surface area contributed by atoms with E-state index in [4.69, 9.17) is 4.74 Å². The average molecular weight is 360 g/mol. The first-order chi connectivity index (χ1) is 13.3. The number of hydrogen-bond donors (Lipinski definition) is 0. The molecule has 1 aliphatic heterocycles. The number of nitrogens with zero attached hydrogens (tertiary/aromatic N) is 4. The lowest BCUT2D eigenvalue weighted by Gasteiger charge is -2.28. The van der Waals surface area contributed by atoms with Gasteiger partial charge in [0.25, 0.3) is 0 Å². The number of pyridine rings is 3. The number of rotatable bonds is 4. The van der Waals surface area contributed by atoms with Crippen LogP contribution in [-0.2, 0) is 0 Å². The van der Waals surface area contributed by atoms with Crippen LogP contribution in [0, 0.1) is 5.95 Å². The molecule has 0 atom stereocenters. The fourth-order valence-corrected chi connectivity index (χ4v) is 3.05. The van der Waals surface area contributed by atoms with Crippen molar-refractivity contribution in [3.8, 4) is 5.75 Å². The first kappa shape index (κ1) is 16.9. The minimum Gasteiger partial charge on any atom is -0.494 e. The van der Waals surface area contributed by atoms with E-state index < -0.39 is 5.95 Å². The van der Waals surface area contributed by atoms with Crippen molar-refractivity contribution in [1.29, 1.82) is 0 Å². The van der Waals surface area contributed by atoms with Crippen molar-refractivity contribution >= 4 is 16.8 Å². The summed E-state index contributed by atoms with van der Waals surface area (Å²) in [6.45, 7) is 0.459. The summed E-state index contributed by atoms with van der Waals surface area (Å²) >= 11 is 0. The van der Waals surface area contributed by atoms with Crippen LogP contribution >= 0.6 is 0 Å². The van der Waals surface area contributed by atoms with Gasteiger partial charge in [0.05, 0.1) is 19.0 Å². The van der Waals surface area contributed by atoms with E-state index in [2.05, 4.69) is 15.0 Å². The van der Waals surface area contributed by atoms with Gasteiger partial charge in [-0.15, -0.1) is 0 Å². The van der Waals surface area contributed by atoms with Crippen molar-refractivity contribution in [1.82, 2.24) is 15.0 Å². The van der Waals surface area contributed by atoms with Crippen LogP contribution < -0.4 is 9.64 Å². The molecule has 0 bridgehead atoms. The van der Waals surface area contributed by atoms with E-state index in [1.165, 1.54) is 6.20 Å². The molecule has 0 saturated carbocycles.